The van der Waals surface area contributed by atoms with Crippen LogP contribution < -0.4 is 5.32 Å². The van der Waals surface area contributed by atoms with E-state index in [1.807, 2.05) is 13.8 Å². The molecule has 138 valence electrons. The summed E-state index contributed by atoms with van der Waals surface area (Å²) < 4.78 is 0. The Morgan fingerprint density at radius 2 is 1.68 bits per heavy atom. The molecule has 4 amide bonds. The topological polar surface area (TPSA) is 86.8 Å². The van der Waals surface area contributed by atoms with Crippen LogP contribution in [0.15, 0.2) is 11.6 Å². The van der Waals surface area contributed by atoms with E-state index < -0.39 is 0 Å². The molecule has 2 aliphatic rings. The van der Waals surface area contributed by atoms with Crippen molar-refractivity contribution in [2.75, 3.05) is 26.2 Å². The lowest BCUT2D eigenvalue weighted by Crippen LogP contribution is -2.49. The summed E-state index contributed by atoms with van der Waals surface area (Å²) in [5.74, 6) is -0.797. The van der Waals surface area contributed by atoms with E-state index in [0.29, 0.717) is 19.6 Å². The number of likely N-dealkylation sites (tertiary alicyclic amines) is 2. The Labute approximate surface area is 148 Å². The maximum absolute atomic E-state index is 12.3. The number of hydrogen-bond donors (Lipinski definition) is 1. The van der Waals surface area contributed by atoms with Crippen LogP contribution in [0.5, 0.6) is 0 Å². The van der Waals surface area contributed by atoms with Gasteiger partial charge in [0.2, 0.25) is 23.6 Å². The first kappa shape index (κ1) is 19.1. The second-order valence-corrected chi connectivity index (χ2v) is 7.50. The maximum atomic E-state index is 12.3. The molecule has 0 atom stereocenters. The van der Waals surface area contributed by atoms with E-state index in [1.165, 1.54) is 0 Å². The number of carbonyl (C=O) groups excluding carboxylic acids is 4. The number of imide groups is 1. The summed E-state index contributed by atoms with van der Waals surface area (Å²) in [4.78, 5) is 50.1. The lowest BCUT2D eigenvalue weighted by Gasteiger charge is -2.39. The fourth-order valence-electron chi connectivity index (χ4n) is 3.12. The van der Waals surface area contributed by atoms with E-state index >= 15 is 0 Å². The number of nitrogens with zero attached hydrogens (tertiary/aromatic N) is 2. The smallest absolute Gasteiger partial charge is 0.243 e. The monoisotopic (exact) mass is 349 g/mol. The molecule has 0 bridgehead atoms. The van der Waals surface area contributed by atoms with E-state index in [4.69, 9.17) is 0 Å². The van der Waals surface area contributed by atoms with Gasteiger partial charge in [-0.15, -0.1) is 0 Å². The molecule has 7 heteroatoms. The highest BCUT2D eigenvalue weighted by molar-refractivity contribution is 6.04. The molecule has 0 saturated carbocycles. The first-order chi connectivity index (χ1) is 11.7. The molecule has 0 aromatic rings. The van der Waals surface area contributed by atoms with Gasteiger partial charge in [-0.05, 0) is 32.1 Å². The average Bonchev–Trinajstić information content (AvgIpc) is 2.85. The van der Waals surface area contributed by atoms with Crippen molar-refractivity contribution in [1.82, 2.24) is 15.1 Å². The van der Waals surface area contributed by atoms with Crippen LogP contribution in [0.1, 0.15) is 46.5 Å². The largest absolute Gasteiger partial charge is 0.352 e. The summed E-state index contributed by atoms with van der Waals surface area (Å²) in [7, 11) is 0. The van der Waals surface area contributed by atoms with Gasteiger partial charge in [0.05, 0.1) is 0 Å². The second-order valence-electron chi connectivity index (χ2n) is 7.50. The van der Waals surface area contributed by atoms with Gasteiger partial charge in [0.15, 0.2) is 0 Å². The van der Waals surface area contributed by atoms with Crippen LogP contribution in [0, 0.1) is 5.41 Å². The number of hydrogen-bond acceptors (Lipinski definition) is 4. The zero-order chi connectivity index (χ0) is 18.6. The van der Waals surface area contributed by atoms with Crippen molar-refractivity contribution >= 4 is 23.6 Å². The Bertz CT molecular complexity index is 583. The summed E-state index contributed by atoms with van der Waals surface area (Å²) in [6.45, 7) is 7.42. The maximum Gasteiger partial charge on any atom is 0.243 e. The second kappa shape index (κ2) is 7.80. The third-order valence-electron chi connectivity index (χ3n) is 4.88. The highest BCUT2D eigenvalue weighted by Gasteiger charge is 2.35. The number of carbonyl (C=O) groups is 4. The molecule has 0 aromatic carbocycles. The Morgan fingerprint density at radius 3 is 2.20 bits per heavy atom. The van der Waals surface area contributed by atoms with E-state index in [1.54, 1.807) is 11.0 Å². The molecule has 0 aliphatic carbocycles. The van der Waals surface area contributed by atoms with Crippen LogP contribution in [0.2, 0.25) is 0 Å². The average molecular weight is 349 g/mol. The van der Waals surface area contributed by atoms with Gasteiger partial charge >= 0.3 is 0 Å². The minimum atomic E-state index is -0.262. The zero-order valence-electron chi connectivity index (χ0n) is 15.3. The van der Waals surface area contributed by atoms with Crippen LogP contribution in [0.25, 0.3) is 0 Å². The molecular weight excluding hydrogens is 322 g/mol. The first-order valence-corrected chi connectivity index (χ1v) is 8.74. The SMILES string of the molecule is CC(C)=CC(=O)NCC1(C)CCN(C(=O)CN2C(=O)CCC2=O)CC1. The van der Waals surface area contributed by atoms with Crippen molar-refractivity contribution in [2.24, 2.45) is 5.41 Å². The molecule has 0 unspecified atom stereocenters. The summed E-state index contributed by atoms with van der Waals surface area (Å²) >= 11 is 0. The fraction of sp³-hybridized carbons (Fsp3) is 0.667. The molecule has 0 radical (unpaired) electrons. The highest BCUT2D eigenvalue weighted by atomic mass is 16.2. The van der Waals surface area contributed by atoms with Gasteiger partial charge in [0.1, 0.15) is 6.54 Å². The molecule has 2 heterocycles. The minimum absolute atomic E-state index is 0.0544. The standard InChI is InChI=1S/C18H27N3O4/c1-13(2)10-14(22)19-12-18(3)6-8-20(9-7-18)17(25)11-21-15(23)4-5-16(21)24/h10H,4-9,11-12H2,1-3H3,(H,19,22). The molecule has 0 spiro atoms. The van der Waals surface area contributed by atoms with Gasteiger partial charge < -0.3 is 10.2 Å². The van der Waals surface area contributed by atoms with E-state index in [2.05, 4.69) is 12.2 Å². The number of nitrogens with one attached hydrogen (secondary N) is 1. The Hall–Kier alpha value is -2.18. The van der Waals surface area contributed by atoms with Crippen molar-refractivity contribution in [1.29, 1.82) is 0 Å². The molecule has 25 heavy (non-hydrogen) atoms. The van der Waals surface area contributed by atoms with Crippen LogP contribution in [-0.2, 0) is 19.2 Å². The lowest BCUT2D eigenvalue weighted by molar-refractivity contribution is -0.146. The van der Waals surface area contributed by atoms with E-state index in [-0.39, 0.29) is 48.4 Å². The Kier molecular flexibility index (Phi) is 5.98. The van der Waals surface area contributed by atoms with Crippen molar-refractivity contribution in [3.63, 3.8) is 0 Å². The lowest BCUT2D eigenvalue weighted by atomic mass is 9.80. The number of rotatable bonds is 5. The summed E-state index contributed by atoms with van der Waals surface area (Å²) in [6, 6.07) is 0. The third kappa shape index (κ3) is 5.14. The van der Waals surface area contributed by atoms with E-state index in [9.17, 15) is 19.2 Å². The van der Waals surface area contributed by atoms with Crippen molar-refractivity contribution in [3.8, 4) is 0 Å². The molecule has 2 aliphatic heterocycles. The van der Waals surface area contributed by atoms with Crippen molar-refractivity contribution in [2.45, 2.75) is 46.5 Å². The molecule has 2 saturated heterocycles. The minimum Gasteiger partial charge on any atom is -0.352 e. The number of piperidine rings is 1. The van der Waals surface area contributed by atoms with Crippen LogP contribution in [-0.4, -0.2) is 59.6 Å². The van der Waals surface area contributed by atoms with Crippen LogP contribution >= 0.6 is 0 Å². The normalized spacial score (nSPS) is 19.8. The summed E-state index contributed by atoms with van der Waals surface area (Å²) in [6.07, 6.45) is 3.53. The summed E-state index contributed by atoms with van der Waals surface area (Å²) in [5, 5.41) is 2.92. The molecular formula is C18H27N3O4. The predicted molar refractivity (Wildman–Crippen MR) is 92.3 cm³/mol. The van der Waals surface area contributed by atoms with Crippen LogP contribution in [0.3, 0.4) is 0 Å². The molecule has 1 N–H and O–H groups in total. The molecule has 2 rings (SSSR count). The first-order valence-electron chi connectivity index (χ1n) is 8.74. The van der Waals surface area contributed by atoms with Crippen molar-refractivity contribution < 1.29 is 19.2 Å². The van der Waals surface area contributed by atoms with E-state index in [0.717, 1.165) is 23.3 Å². The van der Waals surface area contributed by atoms with Gasteiger partial charge in [-0.1, -0.05) is 12.5 Å². The third-order valence-corrected chi connectivity index (χ3v) is 4.88. The van der Waals surface area contributed by atoms with Gasteiger partial charge in [0.25, 0.3) is 0 Å². The van der Waals surface area contributed by atoms with Gasteiger partial charge in [-0.3, -0.25) is 24.1 Å². The van der Waals surface area contributed by atoms with Gasteiger partial charge in [-0.25, -0.2) is 0 Å². The predicted octanol–water partition coefficient (Wildman–Crippen LogP) is 0.846. The quantitative estimate of drug-likeness (QED) is 0.589. The highest BCUT2D eigenvalue weighted by Crippen LogP contribution is 2.30. The zero-order valence-corrected chi connectivity index (χ0v) is 15.3. The number of allylic oxidation sites excluding steroid dienone is 1. The molecule has 2 fully saturated rings. The van der Waals surface area contributed by atoms with Gasteiger partial charge in [0, 0.05) is 38.6 Å². The molecule has 0 aromatic heterocycles. The van der Waals surface area contributed by atoms with Crippen LogP contribution in [0.4, 0.5) is 0 Å². The van der Waals surface area contributed by atoms with Gasteiger partial charge in [-0.2, -0.15) is 0 Å². The fourth-order valence-corrected chi connectivity index (χ4v) is 3.12. The molecule has 7 nitrogen and oxygen atoms in total. The number of amides is 4. The van der Waals surface area contributed by atoms with Crippen molar-refractivity contribution in [3.05, 3.63) is 11.6 Å². The summed E-state index contributed by atoms with van der Waals surface area (Å²) in [5.41, 5.74) is 0.898. The Morgan fingerprint density at radius 1 is 1.12 bits per heavy atom. The Balaban J connectivity index is 1.81.